The maximum absolute atomic E-state index is 11.6. The number of carbonyl (C=O) groups excluding carboxylic acids is 1. The average molecular weight is 350 g/mol. The lowest BCUT2D eigenvalue weighted by atomic mass is 9.96. The molecule has 1 aromatic heterocycles. The lowest BCUT2D eigenvalue weighted by molar-refractivity contribution is -0.147. The van der Waals surface area contributed by atoms with Gasteiger partial charge in [-0.2, -0.15) is 0 Å². The molecule has 0 bridgehead atoms. The van der Waals surface area contributed by atoms with Gasteiger partial charge in [0.25, 0.3) is 0 Å². The monoisotopic (exact) mass is 349 g/mol. The minimum atomic E-state index is -0.122. The minimum Gasteiger partial charge on any atom is -0.469 e. The highest BCUT2D eigenvalue weighted by Crippen LogP contribution is 2.29. The Bertz CT molecular complexity index is 711. The third-order valence-electron chi connectivity index (χ3n) is 4.48. The summed E-state index contributed by atoms with van der Waals surface area (Å²) in [6.07, 6.45) is 1.57. The van der Waals surface area contributed by atoms with E-state index >= 15 is 0 Å². The van der Waals surface area contributed by atoms with Gasteiger partial charge in [-0.15, -0.1) is 10.2 Å². The van der Waals surface area contributed by atoms with E-state index in [0.29, 0.717) is 16.8 Å². The van der Waals surface area contributed by atoms with Crippen molar-refractivity contribution in [1.82, 2.24) is 15.1 Å². The molecule has 1 atom stereocenters. The number of ether oxygens (including phenoxy) is 1. The molecule has 3 rings (SSSR count). The molecule has 1 fully saturated rings. The fraction of sp³-hybridized carbons (Fsp3) is 0.471. The van der Waals surface area contributed by atoms with Gasteiger partial charge in [-0.3, -0.25) is 9.69 Å². The lowest BCUT2D eigenvalue weighted by Gasteiger charge is -2.33. The summed E-state index contributed by atoms with van der Waals surface area (Å²) in [6.45, 7) is 3.64. The Labute approximate surface area is 145 Å². The molecule has 0 unspecified atom stereocenters. The largest absolute Gasteiger partial charge is 0.469 e. The van der Waals surface area contributed by atoms with E-state index in [9.17, 15) is 4.79 Å². The quantitative estimate of drug-likeness (QED) is 0.788. The third kappa shape index (κ3) is 3.60. The maximum atomic E-state index is 11.6. The van der Waals surface area contributed by atoms with E-state index in [1.54, 1.807) is 12.1 Å². The van der Waals surface area contributed by atoms with Crippen LogP contribution < -0.4 is 0 Å². The summed E-state index contributed by atoms with van der Waals surface area (Å²) in [7, 11) is 1.44. The number of nitrogens with zero attached hydrogens (tertiary/aromatic N) is 3. The van der Waals surface area contributed by atoms with E-state index in [-0.39, 0.29) is 17.9 Å². The van der Waals surface area contributed by atoms with Crippen LogP contribution in [0.2, 0.25) is 5.02 Å². The van der Waals surface area contributed by atoms with E-state index < -0.39 is 0 Å². The van der Waals surface area contributed by atoms with E-state index in [2.05, 4.69) is 15.1 Å². The fourth-order valence-corrected chi connectivity index (χ4v) is 3.18. The van der Waals surface area contributed by atoms with Crippen LogP contribution in [0.3, 0.4) is 0 Å². The molecule has 2 aromatic rings. The Morgan fingerprint density at radius 3 is 2.79 bits per heavy atom. The molecule has 24 heavy (non-hydrogen) atoms. The number of hydrogen-bond acceptors (Lipinski definition) is 6. The number of methoxy groups -OCH3 is 1. The van der Waals surface area contributed by atoms with Crippen LogP contribution in [0.1, 0.15) is 31.7 Å². The Balaban J connectivity index is 1.66. The molecule has 0 spiro atoms. The number of rotatable bonds is 4. The Kier molecular flexibility index (Phi) is 5.16. The zero-order chi connectivity index (χ0) is 17.1. The molecule has 0 N–H and O–H groups in total. The normalized spacial score (nSPS) is 17.6. The van der Waals surface area contributed by atoms with Gasteiger partial charge < -0.3 is 9.15 Å². The van der Waals surface area contributed by atoms with Crippen molar-refractivity contribution in [2.24, 2.45) is 5.92 Å². The highest BCUT2D eigenvalue weighted by molar-refractivity contribution is 6.30. The SMILES string of the molecule is COC(=O)C1CCN([C@H](C)c2nnc(-c3cccc(Cl)c3)o2)CC1. The maximum Gasteiger partial charge on any atom is 0.308 e. The van der Waals surface area contributed by atoms with Crippen LogP contribution in [-0.4, -0.2) is 41.3 Å². The molecule has 0 aliphatic carbocycles. The zero-order valence-electron chi connectivity index (χ0n) is 13.7. The molecule has 1 aromatic carbocycles. The van der Waals surface area contributed by atoms with Gasteiger partial charge in [0.05, 0.1) is 19.1 Å². The number of halogens is 1. The van der Waals surface area contributed by atoms with Crippen molar-refractivity contribution in [3.63, 3.8) is 0 Å². The molecule has 1 aliphatic heterocycles. The second kappa shape index (κ2) is 7.32. The molecule has 0 amide bonds. The van der Waals surface area contributed by atoms with Crippen molar-refractivity contribution in [1.29, 1.82) is 0 Å². The summed E-state index contributed by atoms with van der Waals surface area (Å²) < 4.78 is 10.6. The number of likely N-dealkylation sites (tertiary alicyclic amines) is 1. The number of carbonyl (C=O) groups is 1. The summed E-state index contributed by atoms with van der Waals surface area (Å²) in [5, 5.41) is 8.93. The molecule has 0 saturated carbocycles. The first-order valence-corrected chi connectivity index (χ1v) is 8.37. The Hall–Kier alpha value is -1.92. The molecule has 1 aliphatic rings. The topological polar surface area (TPSA) is 68.5 Å². The van der Waals surface area contributed by atoms with Crippen molar-refractivity contribution in [2.75, 3.05) is 20.2 Å². The van der Waals surface area contributed by atoms with Crippen molar-refractivity contribution in [3.05, 3.63) is 35.2 Å². The molecule has 6 nitrogen and oxygen atoms in total. The molecular weight excluding hydrogens is 330 g/mol. The third-order valence-corrected chi connectivity index (χ3v) is 4.72. The van der Waals surface area contributed by atoms with Crippen molar-refractivity contribution < 1.29 is 13.9 Å². The van der Waals surface area contributed by atoms with Crippen LogP contribution >= 0.6 is 11.6 Å². The van der Waals surface area contributed by atoms with Crippen LogP contribution in [-0.2, 0) is 9.53 Å². The summed E-state index contributed by atoms with van der Waals surface area (Å²) in [4.78, 5) is 13.9. The average Bonchev–Trinajstić information content (AvgIpc) is 3.10. The number of esters is 1. The van der Waals surface area contributed by atoms with Crippen molar-refractivity contribution >= 4 is 17.6 Å². The number of benzene rings is 1. The highest BCUT2D eigenvalue weighted by atomic mass is 35.5. The number of aromatic nitrogens is 2. The first kappa shape index (κ1) is 16.9. The second-order valence-electron chi connectivity index (χ2n) is 5.97. The number of hydrogen-bond donors (Lipinski definition) is 0. The van der Waals surface area contributed by atoms with Gasteiger partial charge in [-0.25, -0.2) is 0 Å². The van der Waals surface area contributed by atoms with Crippen LogP contribution in [0, 0.1) is 5.92 Å². The standard InChI is InChI=1S/C17H20ClN3O3/c1-11(21-8-6-12(7-9-21)17(22)23-2)15-19-20-16(24-15)13-4-3-5-14(18)10-13/h3-5,10-12H,6-9H2,1-2H3/t11-/m1/s1. The van der Waals surface area contributed by atoms with Crippen molar-refractivity contribution in [3.8, 4) is 11.5 Å². The summed E-state index contributed by atoms with van der Waals surface area (Å²) in [6, 6.07) is 7.34. The summed E-state index contributed by atoms with van der Waals surface area (Å²) in [5.41, 5.74) is 0.804. The van der Waals surface area contributed by atoms with Crippen LogP contribution in [0.5, 0.6) is 0 Å². The van der Waals surface area contributed by atoms with Gasteiger partial charge in [0.1, 0.15) is 0 Å². The van der Waals surface area contributed by atoms with E-state index in [1.807, 2.05) is 19.1 Å². The molecule has 128 valence electrons. The molecule has 2 heterocycles. The van der Waals surface area contributed by atoms with Crippen LogP contribution in [0.4, 0.5) is 0 Å². The van der Waals surface area contributed by atoms with Gasteiger partial charge in [-0.1, -0.05) is 17.7 Å². The fourth-order valence-electron chi connectivity index (χ4n) is 2.99. The molecular formula is C17H20ClN3O3. The second-order valence-corrected chi connectivity index (χ2v) is 6.40. The smallest absolute Gasteiger partial charge is 0.308 e. The van der Waals surface area contributed by atoms with Crippen LogP contribution in [0.25, 0.3) is 11.5 Å². The van der Waals surface area contributed by atoms with E-state index in [1.165, 1.54) is 7.11 Å². The predicted octanol–water partition coefficient (Wildman–Crippen LogP) is 3.34. The minimum absolute atomic E-state index is 0.00373. The lowest BCUT2D eigenvalue weighted by Crippen LogP contribution is -2.38. The van der Waals surface area contributed by atoms with Gasteiger partial charge in [0.2, 0.25) is 11.8 Å². The van der Waals surface area contributed by atoms with E-state index in [0.717, 1.165) is 31.5 Å². The van der Waals surface area contributed by atoms with Crippen LogP contribution in [0.15, 0.2) is 28.7 Å². The summed E-state index contributed by atoms with van der Waals surface area (Å²) >= 11 is 6.00. The van der Waals surface area contributed by atoms with Gasteiger partial charge >= 0.3 is 5.97 Å². The molecule has 1 saturated heterocycles. The Morgan fingerprint density at radius 2 is 2.12 bits per heavy atom. The van der Waals surface area contributed by atoms with Gasteiger partial charge in [0.15, 0.2) is 0 Å². The van der Waals surface area contributed by atoms with Crippen molar-refractivity contribution in [2.45, 2.75) is 25.8 Å². The summed E-state index contributed by atoms with van der Waals surface area (Å²) in [5.74, 6) is 0.900. The van der Waals surface area contributed by atoms with E-state index in [4.69, 9.17) is 20.8 Å². The molecule has 0 radical (unpaired) electrons. The number of piperidine rings is 1. The highest BCUT2D eigenvalue weighted by Gasteiger charge is 2.30. The molecule has 7 heteroatoms. The first-order valence-electron chi connectivity index (χ1n) is 7.99. The van der Waals surface area contributed by atoms with Gasteiger partial charge in [0, 0.05) is 10.6 Å². The van der Waals surface area contributed by atoms with Gasteiger partial charge in [-0.05, 0) is 51.1 Å². The first-order chi connectivity index (χ1) is 11.6. The Morgan fingerprint density at radius 1 is 1.38 bits per heavy atom. The zero-order valence-corrected chi connectivity index (χ0v) is 14.5. The predicted molar refractivity (Wildman–Crippen MR) is 89.5 cm³/mol.